The first kappa shape index (κ1) is 8.65. The van der Waals surface area contributed by atoms with E-state index in [0.29, 0.717) is 12.4 Å². The summed E-state index contributed by atoms with van der Waals surface area (Å²) in [6.45, 7) is 0.587. The summed E-state index contributed by atoms with van der Waals surface area (Å²) in [5.74, 6) is 0.538. The van der Waals surface area contributed by atoms with Crippen molar-refractivity contribution in [2.45, 2.75) is 25.3 Å². The summed E-state index contributed by atoms with van der Waals surface area (Å²) in [5.41, 5.74) is 0. The molecule has 0 aromatic carbocycles. The van der Waals surface area contributed by atoms with Crippen molar-refractivity contribution < 1.29 is 9.90 Å². The summed E-state index contributed by atoms with van der Waals surface area (Å²) >= 11 is 5.46. The average Bonchev–Trinajstić information content (AvgIpc) is 2.71. The predicted octanol–water partition coefficient (Wildman–Crippen LogP) is 1.76. The Morgan fingerprint density at radius 3 is 2.64 bits per heavy atom. The second-order valence-electron chi connectivity index (χ2n) is 2.75. The van der Waals surface area contributed by atoms with Gasteiger partial charge in [0, 0.05) is 18.5 Å². The van der Waals surface area contributed by atoms with Crippen molar-refractivity contribution >= 4 is 17.7 Å². The van der Waals surface area contributed by atoms with Gasteiger partial charge in [-0.15, -0.1) is 11.6 Å². The summed E-state index contributed by atoms with van der Waals surface area (Å²) in [7, 11) is 0. The number of nitrogens with zero attached hydrogens (tertiary/aromatic N) is 1. The first-order valence-corrected chi connectivity index (χ1v) is 4.34. The molecule has 0 saturated heterocycles. The summed E-state index contributed by atoms with van der Waals surface area (Å²) in [6, 6.07) is 0.288. The van der Waals surface area contributed by atoms with Crippen LogP contribution < -0.4 is 0 Å². The van der Waals surface area contributed by atoms with Gasteiger partial charge in [0.15, 0.2) is 0 Å². The molecule has 1 N–H and O–H groups in total. The van der Waals surface area contributed by atoms with Gasteiger partial charge in [-0.3, -0.25) is 0 Å². The van der Waals surface area contributed by atoms with Gasteiger partial charge in [0.05, 0.1) is 0 Å². The number of hydrogen-bond acceptors (Lipinski definition) is 1. The van der Waals surface area contributed by atoms with Crippen molar-refractivity contribution in [3.05, 3.63) is 0 Å². The maximum absolute atomic E-state index is 10.6. The van der Waals surface area contributed by atoms with Gasteiger partial charge in [0.2, 0.25) is 0 Å². The zero-order valence-electron chi connectivity index (χ0n) is 6.29. The number of hydrogen-bond donors (Lipinski definition) is 1. The van der Waals surface area contributed by atoms with Crippen molar-refractivity contribution in [3.8, 4) is 0 Å². The molecule has 1 saturated carbocycles. The molecular formula is C7H12ClNO2. The third-order valence-electron chi connectivity index (χ3n) is 1.77. The summed E-state index contributed by atoms with van der Waals surface area (Å²) < 4.78 is 0. The van der Waals surface area contributed by atoms with E-state index in [1.54, 1.807) is 0 Å². The van der Waals surface area contributed by atoms with Crippen LogP contribution in [0.5, 0.6) is 0 Å². The fourth-order valence-electron chi connectivity index (χ4n) is 1.05. The van der Waals surface area contributed by atoms with Crippen LogP contribution in [-0.4, -0.2) is 34.6 Å². The lowest BCUT2D eigenvalue weighted by atomic mass is 10.4. The van der Waals surface area contributed by atoms with Crippen molar-refractivity contribution in [1.29, 1.82) is 0 Å². The predicted molar refractivity (Wildman–Crippen MR) is 43.1 cm³/mol. The maximum atomic E-state index is 10.6. The molecule has 11 heavy (non-hydrogen) atoms. The van der Waals surface area contributed by atoms with E-state index in [1.807, 2.05) is 0 Å². The maximum Gasteiger partial charge on any atom is 0.407 e. The lowest BCUT2D eigenvalue weighted by molar-refractivity contribution is 0.142. The molecule has 0 spiro atoms. The first-order valence-electron chi connectivity index (χ1n) is 3.81. The largest absolute Gasteiger partial charge is 0.465 e. The molecule has 1 aliphatic carbocycles. The highest BCUT2D eigenvalue weighted by Gasteiger charge is 2.31. The number of carbonyl (C=O) groups is 1. The Morgan fingerprint density at radius 2 is 2.27 bits per heavy atom. The zero-order chi connectivity index (χ0) is 8.27. The van der Waals surface area contributed by atoms with Crippen LogP contribution in [-0.2, 0) is 0 Å². The van der Waals surface area contributed by atoms with Crippen LogP contribution >= 0.6 is 11.6 Å². The van der Waals surface area contributed by atoms with Gasteiger partial charge in [0.1, 0.15) is 0 Å². The quantitative estimate of drug-likeness (QED) is 0.665. The smallest absolute Gasteiger partial charge is 0.407 e. The van der Waals surface area contributed by atoms with Gasteiger partial charge < -0.3 is 10.0 Å². The molecule has 0 aromatic rings. The Morgan fingerprint density at radius 1 is 1.64 bits per heavy atom. The van der Waals surface area contributed by atoms with E-state index in [1.165, 1.54) is 4.90 Å². The van der Waals surface area contributed by atoms with Crippen molar-refractivity contribution in [3.63, 3.8) is 0 Å². The number of rotatable bonds is 4. The van der Waals surface area contributed by atoms with Crippen molar-refractivity contribution in [2.75, 3.05) is 12.4 Å². The van der Waals surface area contributed by atoms with E-state index in [-0.39, 0.29) is 6.04 Å². The normalized spacial score (nSPS) is 16.5. The Balaban J connectivity index is 2.26. The standard InChI is InChI=1S/C7H12ClNO2/c8-4-1-5-9(7(10)11)6-2-3-6/h6H,1-5H2,(H,10,11). The molecule has 1 rings (SSSR count). The highest BCUT2D eigenvalue weighted by atomic mass is 35.5. The monoisotopic (exact) mass is 177 g/mol. The van der Waals surface area contributed by atoms with Crippen molar-refractivity contribution in [2.24, 2.45) is 0 Å². The molecule has 0 heterocycles. The van der Waals surface area contributed by atoms with Crippen LogP contribution in [0.2, 0.25) is 0 Å². The Hall–Kier alpha value is -0.440. The summed E-state index contributed by atoms with van der Waals surface area (Å²) in [6.07, 6.45) is 1.99. The number of carboxylic acid groups (broad SMARTS) is 1. The van der Waals surface area contributed by atoms with Crippen LogP contribution in [0, 0.1) is 0 Å². The minimum absolute atomic E-state index is 0.288. The molecule has 0 aliphatic heterocycles. The van der Waals surface area contributed by atoms with E-state index in [0.717, 1.165) is 19.3 Å². The van der Waals surface area contributed by atoms with Gasteiger partial charge in [-0.25, -0.2) is 4.79 Å². The van der Waals surface area contributed by atoms with E-state index in [9.17, 15) is 4.79 Å². The van der Waals surface area contributed by atoms with E-state index in [4.69, 9.17) is 16.7 Å². The molecule has 4 heteroatoms. The molecule has 0 unspecified atom stereocenters. The van der Waals surface area contributed by atoms with E-state index >= 15 is 0 Å². The highest BCUT2D eigenvalue weighted by Crippen LogP contribution is 2.26. The van der Waals surface area contributed by atoms with Crippen LogP contribution in [0.4, 0.5) is 4.79 Å². The third-order valence-corrected chi connectivity index (χ3v) is 2.03. The average molecular weight is 178 g/mol. The molecular weight excluding hydrogens is 166 g/mol. The topological polar surface area (TPSA) is 40.5 Å². The number of amides is 1. The Kier molecular flexibility index (Phi) is 3.00. The molecule has 1 fully saturated rings. The molecule has 1 aliphatic rings. The minimum Gasteiger partial charge on any atom is -0.465 e. The molecule has 0 atom stereocenters. The Bertz CT molecular complexity index is 147. The van der Waals surface area contributed by atoms with E-state index < -0.39 is 6.09 Å². The van der Waals surface area contributed by atoms with Crippen LogP contribution in [0.15, 0.2) is 0 Å². The van der Waals surface area contributed by atoms with Gasteiger partial charge in [-0.2, -0.15) is 0 Å². The van der Waals surface area contributed by atoms with Gasteiger partial charge in [-0.1, -0.05) is 0 Å². The van der Waals surface area contributed by atoms with Crippen LogP contribution in [0.25, 0.3) is 0 Å². The lowest BCUT2D eigenvalue weighted by Crippen LogP contribution is -2.32. The zero-order valence-corrected chi connectivity index (χ0v) is 7.05. The third kappa shape index (κ3) is 2.58. The molecule has 0 bridgehead atoms. The first-order chi connectivity index (χ1) is 5.25. The van der Waals surface area contributed by atoms with Crippen LogP contribution in [0.3, 0.4) is 0 Å². The Labute approximate surface area is 70.9 Å². The minimum atomic E-state index is -0.808. The van der Waals surface area contributed by atoms with Gasteiger partial charge in [0.25, 0.3) is 0 Å². The van der Waals surface area contributed by atoms with Crippen molar-refractivity contribution in [1.82, 2.24) is 4.90 Å². The molecule has 1 amide bonds. The summed E-state index contributed by atoms with van der Waals surface area (Å²) in [4.78, 5) is 12.1. The fourth-order valence-corrected chi connectivity index (χ4v) is 1.17. The lowest BCUT2D eigenvalue weighted by Gasteiger charge is -2.17. The number of alkyl halides is 1. The number of halogens is 1. The van der Waals surface area contributed by atoms with Crippen LogP contribution in [0.1, 0.15) is 19.3 Å². The SMILES string of the molecule is O=C(O)N(CCCCl)C1CC1. The van der Waals surface area contributed by atoms with Gasteiger partial charge >= 0.3 is 6.09 Å². The summed E-state index contributed by atoms with van der Waals surface area (Å²) in [5, 5.41) is 8.69. The molecule has 0 aromatic heterocycles. The van der Waals surface area contributed by atoms with E-state index in [2.05, 4.69) is 0 Å². The second-order valence-corrected chi connectivity index (χ2v) is 3.13. The second kappa shape index (κ2) is 3.81. The van der Waals surface area contributed by atoms with Gasteiger partial charge in [-0.05, 0) is 19.3 Å². The molecule has 64 valence electrons. The molecule has 3 nitrogen and oxygen atoms in total. The fraction of sp³-hybridized carbons (Fsp3) is 0.857. The molecule has 0 radical (unpaired) electrons. The highest BCUT2D eigenvalue weighted by molar-refractivity contribution is 6.17.